The molecule has 0 aliphatic rings. The molecule has 6 heteroatoms. The SMILES string of the molecule is COc1cnn(C(C)C)c1C(N)c1cc(C)nn1C. The van der Waals surface area contributed by atoms with E-state index >= 15 is 0 Å². The molecule has 0 amide bonds. The van der Waals surface area contributed by atoms with E-state index < -0.39 is 0 Å². The minimum atomic E-state index is -0.314. The highest BCUT2D eigenvalue weighted by Crippen LogP contribution is 2.30. The smallest absolute Gasteiger partial charge is 0.161 e. The summed E-state index contributed by atoms with van der Waals surface area (Å²) in [5.74, 6) is 0.708. The number of methoxy groups -OCH3 is 1. The molecule has 2 aromatic heterocycles. The van der Waals surface area contributed by atoms with E-state index in [0.29, 0.717) is 5.75 Å². The number of hydrogen-bond acceptors (Lipinski definition) is 4. The monoisotopic (exact) mass is 263 g/mol. The van der Waals surface area contributed by atoms with Gasteiger partial charge in [-0.25, -0.2) is 0 Å². The van der Waals surface area contributed by atoms with Gasteiger partial charge < -0.3 is 10.5 Å². The molecule has 2 aromatic rings. The van der Waals surface area contributed by atoms with Crippen molar-refractivity contribution in [1.82, 2.24) is 19.6 Å². The fourth-order valence-corrected chi connectivity index (χ4v) is 2.28. The number of nitrogens with zero attached hydrogens (tertiary/aromatic N) is 4. The van der Waals surface area contributed by atoms with Crippen molar-refractivity contribution in [2.24, 2.45) is 12.8 Å². The van der Waals surface area contributed by atoms with Crippen molar-refractivity contribution in [3.63, 3.8) is 0 Å². The maximum absolute atomic E-state index is 6.39. The van der Waals surface area contributed by atoms with Crippen molar-refractivity contribution in [2.45, 2.75) is 32.9 Å². The summed E-state index contributed by atoms with van der Waals surface area (Å²) in [6.07, 6.45) is 1.71. The zero-order valence-electron chi connectivity index (χ0n) is 12.1. The van der Waals surface area contributed by atoms with Crippen LogP contribution in [0.3, 0.4) is 0 Å². The third-order valence-corrected chi connectivity index (χ3v) is 3.16. The summed E-state index contributed by atoms with van der Waals surface area (Å²) < 4.78 is 9.07. The third kappa shape index (κ3) is 2.35. The zero-order valence-corrected chi connectivity index (χ0v) is 12.1. The van der Waals surface area contributed by atoms with Gasteiger partial charge in [0.2, 0.25) is 0 Å². The molecular formula is C13H21N5O. The van der Waals surface area contributed by atoms with E-state index in [1.807, 2.05) is 24.7 Å². The van der Waals surface area contributed by atoms with Gasteiger partial charge in [0.15, 0.2) is 5.75 Å². The Morgan fingerprint density at radius 1 is 1.37 bits per heavy atom. The lowest BCUT2D eigenvalue weighted by Crippen LogP contribution is -2.21. The van der Waals surface area contributed by atoms with Crippen molar-refractivity contribution in [2.75, 3.05) is 7.11 Å². The van der Waals surface area contributed by atoms with E-state index in [4.69, 9.17) is 10.5 Å². The Labute approximate surface area is 113 Å². The van der Waals surface area contributed by atoms with Gasteiger partial charge in [-0.15, -0.1) is 0 Å². The lowest BCUT2D eigenvalue weighted by Gasteiger charge is -2.18. The predicted octanol–water partition coefficient (Wildman–Crippen LogP) is 1.56. The first-order valence-corrected chi connectivity index (χ1v) is 6.33. The summed E-state index contributed by atoms with van der Waals surface area (Å²) in [6, 6.07) is 1.90. The molecule has 0 aliphatic carbocycles. The minimum absolute atomic E-state index is 0.222. The largest absolute Gasteiger partial charge is 0.493 e. The van der Waals surface area contributed by atoms with Gasteiger partial charge in [0.25, 0.3) is 0 Å². The Bertz CT molecular complexity index is 570. The van der Waals surface area contributed by atoms with Crippen LogP contribution in [0.25, 0.3) is 0 Å². The molecule has 1 unspecified atom stereocenters. The minimum Gasteiger partial charge on any atom is -0.493 e. The van der Waals surface area contributed by atoms with Crippen molar-refractivity contribution in [3.05, 3.63) is 29.3 Å². The normalized spacial score (nSPS) is 13.0. The van der Waals surface area contributed by atoms with Crippen LogP contribution in [0.4, 0.5) is 0 Å². The Kier molecular flexibility index (Phi) is 3.61. The second kappa shape index (κ2) is 5.05. The first kappa shape index (κ1) is 13.6. The topological polar surface area (TPSA) is 70.9 Å². The highest BCUT2D eigenvalue weighted by molar-refractivity contribution is 5.34. The molecule has 2 heterocycles. The quantitative estimate of drug-likeness (QED) is 0.908. The molecule has 0 aromatic carbocycles. The van der Waals surface area contributed by atoms with Crippen LogP contribution >= 0.6 is 0 Å². The zero-order chi connectivity index (χ0) is 14.2. The molecule has 0 spiro atoms. The van der Waals surface area contributed by atoms with Crippen LogP contribution < -0.4 is 10.5 Å². The van der Waals surface area contributed by atoms with E-state index in [2.05, 4.69) is 24.0 Å². The summed E-state index contributed by atoms with van der Waals surface area (Å²) in [5, 5.41) is 8.69. The summed E-state index contributed by atoms with van der Waals surface area (Å²) >= 11 is 0. The Morgan fingerprint density at radius 2 is 2.05 bits per heavy atom. The number of aromatic nitrogens is 4. The second-order valence-electron chi connectivity index (χ2n) is 4.95. The standard InChI is InChI=1S/C13H21N5O/c1-8(2)18-13(11(19-5)7-15-18)12(14)10-6-9(3)16-17(10)4/h6-8,12H,14H2,1-5H3. The maximum Gasteiger partial charge on any atom is 0.161 e. The maximum atomic E-state index is 6.39. The molecule has 104 valence electrons. The number of ether oxygens (including phenoxy) is 1. The van der Waals surface area contributed by atoms with Crippen molar-refractivity contribution >= 4 is 0 Å². The van der Waals surface area contributed by atoms with Crippen LogP contribution in [0.2, 0.25) is 0 Å². The van der Waals surface area contributed by atoms with Gasteiger partial charge in [0.1, 0.15) is 5.69 Å². The number of aryl methyl sites for hydroxylation is 2. The van der Waals surface area contributed by atoms with E-state index in [1.165, 1.54) is 0 Å². The van der Waals surface area contributed by atoms with E-state index in [9.17, 15) is 0 Å². The summed E-state index contributed by atoms with van der Waals surface area (Å²) in [4.78, 5) is 0. The molecule has 2 N–H and O–H groups in total. The Hall–Kier alpha value is -1.82. The van der Waals surface area contributed by atoms with Crippen LogP contribution in [-0.4, -0.2) is 26.7 Å². The summed E-state index contributed by atoms with van der Waals surface area (Å²) in [7, 11) is 3.52. The third-order valence-electron chi connectivity index (χ3n) is 3.16. The number of rotatable bonds is 4. The van der Waals surface area contributed by atoms with Crippen LogP contribution in [0, 0.1) is 6.92 Å². The molecule has 0 bridgehead atoms. The van der Waals surface area contributed by atoms with E-state index in [0.717, 1.165) is 17.1 Å². The molecule has 0 fully saturated rings. The average Bonchev–Trinajstić information content (AvgIpc) is 2.91. The van der Waals surface area contributed by atoms with Crippen LogP contribution in [-0.2, 0) is 7.05 Å². The number of hydrogen-bond donors (Lipinski definition) is 1. The molecule has 2 rings (SSSR count). The first-order valence-electron chi connectivity index (χ1n) is 6.33. The summed E-state index contributed by atoms with van der Waals surface area (Å²) in [5.41, 5.74) is 9.15. The van der Waals surface area contributed by atoms with Crippen LogP contribution in [0.1, 0.15) is 43.0 Å². The first-order chi connectivity index (χ1) is 8.95. The molecule has 0 saturated heterocycles. The number of nitrogens with two attached hydrogens (primary N) is 1. The van der Waals surface area contributed by atoms with Crippen molar-refractivity contribution < 1.29 is 4.74 Å². The molecular weight excluding hydrogens is 242 g/mol. The molecule has 1 atom stereocenters. The molecule has 0 radical (unpaired) electrons. The van der Waals surface area contributed by atoms with Gasteiger partial charge in [-0.1, -0.05) is 0 Å². The second-order valence-corrected chi connectivity index (χ2v) is 4.95. The summed E-state index contributed by atoms with van der Waals surface area (Å²) in [6.45, 7) is 6.08. The van der Waals surface area contributed by atoms with Gasteiger partial charge in [-0.2, -0.15) is 10.2 Å². The van der Waals surface area contributed by atoms with Crippen LogP contribution in [0.15, 0.2) is 12.3 Å². The van der Waals surface area contributed by atoms with Gasteiger partial charge in [-0.3, -0.25) is 9.36 Å². The Balaban J connectivity index is 2.51. The highest BCUT2D eigenvalue weighted by atomic mass is 16.5. The average molecular weight is 263 g/mol. The lowest BCUT2D eigenvalue weighted by atomic mass is 10.1. The molecule has 6 nitrogen and oxygen atoms in total. The Morgan fingerprint density at radius 3 is 2.53 bits per heavy atom. The van der Waals surface area contributed by atoms with Gasteiger partial charge in [0.05, 0.1) is 30.7 Å². The van der Waals surface area contributed by atoms with Gasteiger partial charge >= 0.3 is 0 Å². The van der Waals surface area contributed by atoms with E-state index in [1.54, 1.807) is 18.0 Å². The molecule has 19 heavy (non-hydrogen) atoms. The molecule has 0 aliphatic heterocycles. The fourth-order valence-electron chi connectivity index (χ4n) is 2.28. The molecule has 0 saturated carbocycles. The highest BCUT2D eigenvalue weighted by Gasteiger charge is 2.24. The fraction of sp³-hybridized carbons (Fsp3) is 0.538. The van der Waals surface area contributed by atoms with Gasteiger partial charge in [-0.05, 0) is 26.8 Å². The predicted molar refractivity (Wildman–Crippen MR) is 73.1 cm³/mol. The van der Waals surface area contributed by atoms with E-state index in [-0.39, 0.29) is 12.1 Å². The lowest BCUT2D eigenvalue weighted by molar-refractivity contribution is 0.399. The van der Waals surface area contributed by atoms with Gasteiger partial charge in [0, 0.05) is 13.1 Å². The van der Waals surface area contributed by atoms with Crippen molar-refractivity contribution in [3.8, 4) is 5.75 Å². The van der Waals surface area contributed by atoms with Crippen LogP contribution in [0.5, 0.6) is 5.75 Å². The van der Waals surface area contributed by atoms with Crippen molar-refractivity contribution in [1.29, 1.82) is 0 Å².